The molecule has 0 saturated carbocycles. The number of amides is 1. The summed E-state index contributed by atoms with van der Waals surface area (Å²) in [5.41, 5.74) is 0.0508. The van der Waals surface area contributed by atoms with Crippen LogP contribution in [0.25, 0.3) is 0 Å². The molecule has 2 atom stereocenters. The van der Waals surface area contributed by atoms with E-state index < -0.39 is 23.8 Å². The molecule has 0 radical (unpaired) electrons. The number of carbonyl (C=O) groups excluding carboxylic acids is 2. The van der Waals surface area contributed by atoms with E-state index in [0.717, 1.165) is 12.8 Å². The molecule has 1 aromatic rings. The first-order valence-electron chi connectivity index (χ1n) is 7.08. The summed E-state index contributed by atoms with van der Waals surface area (Å²) in [6, 6.07) is 4.30. The number of hydrogen-bond donors (Lipinski definition) is 1. The number of esters is 1. The van der Waals surface area contributed by atoms with Crippen LogP contribution in [0.3, 0.4) is 0 Å². The molecule has 0 aromatic heterocycles. The van der Waals surface area contributed by atoms with Crippen molar-refractivity contribution in [1.29, 1.82) is 0 Å². The lowest BCUT2D eigenvalue weighted by molar-refractivity contribution is -0.153. The Morgan fingerprint density at radius 2 is 2.27 bits per heavy atom. The van der Waals surface area contributed by atoms with Crippen molar-refractivity contribution in [1.82, 2.24) is 0 Å². The smallest absolute Gasteiger partial charge is 0.307 e. The van der Waals surface area contributed by atoms with Crippen molar-refractivity contribution in [2.45, 2.75) is 32.3 Å². The lowest BCUT2D eigenvalue weighted by Crippen LogP contribution is -2.30. The SMILES string of the molecule is C[C@@H](OC(=O)C[C@H]1C=CCC1)C(=O)Nc1ccc(Br)cc1F. The number of allylic oxidation sites excluding steroid dienone is 2. The molecule has 1 aliphatic rings. The fourth-order valence-corrected chi connectivity index (χ4v) is 2.54. The molecular weight excluding hydrogens is 353 g/mol. The lowest BCUT2D eigenvalue weighted by Gasteiger charge is -2.15. The quantitative estimate of drug-likeness (QED) is 0.634. The minimum atomic E-state index is -0.971. The van der Waals surface area contributed by atoms with Gasteiger partial charge in [0.05, 0.1) is 12.1 Å². The van der Waals surface area contributed by atoms with Crippen molar-refractivity contribution in [3.8, 4) is 0 Å². The van der Waals surface area contributed by atoms with Crippen LogP contribution in [-0.2, 0) is 14.3 Å². The van der Waals surface area contributed by atoms with E-state index in [4.69, 9.17) is 4.74 Å². The first-order valence-corrected chi connectivity index (χ1v) is 7.87. The van der Waals surface area contributed by atoms with Crippen molar-refractivity contribution in [3.05, 3.63) is 40.6 Å². The zero-order valence-electron chi connectivity index (χ0n) is 12.1. The van der Waals surface area contributed by atoms with Gasteiger partial charge in [0.2, 0.25) is 0 Å². The summed E-state index contributed by atoms with van der Waals surface area (Å²) < 4.78 is 19.3. The van der Waals surface area contributed by atoms with E-state index in [9.17, 15) is 14.0 Å². The standard InChI is InChI=1S/C16H17BrFNO3/c1-10(22-15(20)8-11-4-2-3-5-11)16(21)19-14-7-6-12(17)9-13(14)18/h2,4,6-7,9-11H,3,5,8H2,1H3,(H,19,21)/t10-,11+/m1/s1. The predicted molar refractivity (Wildman–Crippen MR) is 84.8 cm³/mol. The molecule has 1 aromatic carbocycles. The Balaban J connectivity index is 1.85. The van der Waals surface area contributed by atoms with Gasteiger partial charge in [-0.1, -0.05) is 28.1 Å². The second-order valence-corrected chi connectivity index (χ2v) is 6.13. The lowest BCUT2D eigenvalue weighted by atomic mass is 10.1. The van der Waals surface area contributed by atoms with Crippen LogP contribution in [0.5, 0.6) is 0 Å². The summed E-state index contributed by atoms with van der Waals surface area (Å²) in [5.74, 6) is -1.35. The highest BCUT2D eigenvalue weighted by atomic mass is 79.9. The summed E-state index contributed by atoms with van der Waals surface area (Å²) >= 11 is 3.14. The van der Waals surface area contributed by atoms with E-state index in [0.29, 0.717) is 4.47 Å². The Hall–Kier alpha value is -1.69. The van der Waals surface area contributed by atoms with Gasteiger partial charge >= 0.3 is 5.97 Å². The maximum Gasteiger partial charge on any atom is 0.307 e. The number of hydrogen-bond acceptors (Lipinski definition) is 3. The number of benzene rings is 1. The van der Waals surface area contributed by atoms with Gasteiger partial charge in [-0.05, 0) is 43.9 Å². The molecule has 4 nitrogen and oxygen atoms in total. The van der Waals surface area contributed by atoms with Gasteiger partial charge in [0.1, 0.15) is 5.82 Å². The molecular formula is C16H17BrFNO3. The van der Waals surface area contributed by atoms with Crippen LogP contribution in [-0.4, -0.2) is 18.0 Å². The van der Waals surface area contributed by atoms with E-state index in [1.54, 1.807) is 6.07 Å². The molecule has 118 valence electrons. The number of ether oxygens (including phenoxy) is 1. The first kappa shape index (κ1) is 16.7. The van der Waals surface area contributed by atoms with Crippen LogP contribution >= 0.6 is 15.9 Å². The van der Waals surface area contributed by atoms with Crippen LogP contribution in [0.15, 0.2) is 34.8 Å². The summed E-state index contributed by atoms with van der Waals surface area (Å²) in [5, 5.41) is 2.41. The minimum Gasteiger partial charge on any atom is -0.453 e. The molecule has 1 aliphatic carbocycles. The molecule has 0 bridgehead atoms. The number of nitrogens with one attached hydrogen (secondary N) is 1. The van der Waals surface area contributed by atoms with E-state index in [1.807, 2.05) is 12.2 Å². The molecule has 0 fully saturated rings. The summed E-state index contributed by atoms with van der Waals surface area (Å²) in [6.45, 7) is 1.47. The Kier molecular flexibility index (Phi) is 5.71. The van der Waals surface area contributed by atoms with E-state index in [2.05, 4.69) is 21.2 Å². The summed E-state index contributed by atoms with van der Waals surface area (Å²) in [7, 11) is 0. The number of halogens is 2. The highest BCUT2D eigenvalue weighted by Gasteiger charge is 2.21. The van der Waals surface area contributed by atoms with Gasteiger partial charge in [0.25, 0.3) is 5.91 Å². The maximum absolute atomic E-state index is 13.6. The maximum atomic E-state index is 13.6. The van der Waals surface area contributed by atoms with Crippen LogP contribution in [0, 0.1) is 11.7 Å². The largest absolute Gasteiger partial charge is 0.453 e. The zero-order chi connectivity index (χ0) is 16.1. The molecule has 0 spiro atoms. The van der Waals surface area contributed by atoms with Crippen molar-refractivity contribution in [3.63, 3.8) is 0 Å². The molecule has 0 saturated heterocycles. The fourth-order valence-electron chi connectivity index (χ4n) is 2.20. The van der Waals surface area contributed by atoms with Gasteiger partial charge < -0.3 is 10.1 Å². The van der Waals surface area contributed by atoms with Crippen LogP contribution in [0.4, 0.5) is 10.1 Å². The van der Waals surface area contributed by atoms with Gasteiger partial charge in [0.15, 0.2) is 6.10 Å². The molecule has 1 amide bonds. The van der Waals surface area contributed by atoms with E-state index in [1.165, 1.54) is 19.1 Å². The highest BCUT2D eigenvalue weighted by molar-refractivity contribution is 9.10. The third-order valence-electron chi connectivity index (χ3n) is 3.41. The molecule has 6 heteroatoms. The second kappa shape index (κ2) is 7.54. The van der Waals surface area contributed by atoms with Crippen LogP contribution in [0.1, 0.15) is 26.2 Å². The van der Waals surface area contributed by atoms with Crippen molar-refractivity contribution in [2.24, 2.45) is 5.92 Å². The normalized spacial score (nSPS) is 18.0. The Labute approximate surface area is 136 Å². The van der Waals surface area contributed by atoms with E-state index >= 15 is 0 Å². The molecule has 0 heterocycles. The fraction of sp³-hybridized carbons (Fsp3) is 0.375. The topological polar surface area (TPSA) is 55.4 Å². The molecule has 22 heavy (non-hydrogen) atoms. The average molecular weight is 370 g/mol. The highest BCUT2D eigenvalue weighted by Crippen LogP contribution is 2.22. The van der Waals surface area contributed by atoms with Gasteiger partial charge in [-0.2, -0.15) is 0 Å². The number of rotatable bonds is 5. The summed E-state index contributed by atoms with van der Waals surface area (Å²) in [4.78, 5) is 23.7. The summed E-state index contributed by atoms with van der Waals surface area (Å²) in [6.07, 6.45) is 5.21. The molecule has 2 rings (SSSR count). The van der Waals surface area contributed by atoms with Crippen LogP contribution < -0.4 is 5.32 Å². The third kappa shape index (κ3) is 4.66. The predicted octanol–water partition coefficient (Wildman–Crippen LogP) is 3.81. The van der Waals surface area contributed by atoms with E-state index in [-0.39, 0.29) is 18.0 Å². The van der Waals surface area contributed by atoms with Gasteiger partial charge in [-0.15, -0.1) is 0 Å². The molecule has 0 unspecified atom stereocenters. The number of anilines is 1. The third-order valence-corrected chi connectivity index (χ3v) is 3.90. The molecule has 0 aliphatic heterocycles. The average Bonchev–Trinajstić information content (AvgIpc) is 2.94. The number of carbonyl (C=O) groups is 2. The van der Waals surface area contributed by atoms with Gasteiger partial charge in [-0.25, -0.2) is 4.39 Å². The van der Waals surface area contributed by atoms with Crippen molar-refractivity contribution >= 4 is 33.5 Å². The Morgan fingerprint density at radius 3 is 2.91 bits per heavy atom. The Bertz CT molecular complexity index is 603. The van der Waals surface area contributed by atoms with Gasteiger partial charge in [-0.3, -0.25) is 9.59 Å². The van der Waals surface area contributed by atoms with Crippen LogP contribution in [0.2, 0.25) is 0 Å². The molecule has 1 N–H and O–H groups in total. The monoisotopic (exact) mass is 369 g/mol. The first-order chi connectivity index (χ1) is 10.5. The zero-order valence-corrected chi connectivity index (χ0v) is 13.7. The second-order valence-electron chi connectivity index (χ2n) is 5.22. The minimum absolute atomic E-state index is 0.0508. The van der Waals surface area contributed by atoms with Crippen molar-refractivity contribution < 1.29 is 18.7 Å². The van der Waals surface area contributed by atoms with Gasteiger partial charge in [0, 0.05) is 4.47 Å². The Morgan fingerprint density at radius 1 is 1.50 bits per heavy atom. The van der Waals surface area contributed by atoms with Crippen molar-refractivity contribution in [2.75, 3.05) is 5.32 Å².